The summed E-state index contributed by atoms with van der Waals surface area (Å²) in [5.41, 5.74) is 5.79. The van der Waals surface area contributed by atoms with E-state index in [1.807, 2.05) is 36.4 Å². The number of nitrogens with zero attached hydrogens (tertiary/aromatic N) is 1. The molecule has 1 amide bonds. The van der Waals surface area contributed by atoms with E-state index in [9.17, 15) is 9.59 Å². The molecule has 0 aliphatic rings. The second-order valence-corrected chi connectivity index (χ2v) is 5.70. The van der Waals surface area contributed by atoms with Crippen LogP contribution in [0.1, 0.15) is 34.2 Å². The van der Waals surface area contributed by atoms with E-state index in [0.29, 0.717) is 12.0 Å². The van der Waals surface area contributed by atoms with Crippen LogP contribution in [-0.4, -0.2) is 26.9 Å². The molecular weight excluding hydrogens is 318 g/mol. The lowest BCUT2D eigenvalue weighted by Crippen LogP contribution is -2.14. The molecule has 3 rings (SSSR count). The van der Waals surface area contributed by atoms with Crippen LogP contribution in [-0.2, 0) is 11.2 Å². The molecule has 0 bridgehead atoms. The standard InChI is InChI=1S/C19H17N3O3/c1-12(23)15-7-8-16-17(11-15)21-18(20-16)10-14-4-2-13(3-5-14)6-9-19(24)22-25/h2-9,11,25H,10H2,1H3,(H,20,21)(H,22,24)/b9-6+. The highest BCUT2D eigenvalue weighted by Crippen LogP contribution is 2.17. The number of aromatic nitrogens is 2. The summed E-state index contributed by atoms with van der Waals surface area (Å²) in [6.45, 7) is 1.54. The van der Waals surface area contributed by atoms with E-state index in [1.165, 1.54) is 6.08 Å². The summed E-state index contributed by atoms with van der Waals surface area (Å²) < 4.78 is 0. The Kier molecular flexibility index (Phi) is 4.72. The van der Waals surface area contributed by atoms with Crippen molar-refractivity contribution in [2.24, 2.45) is 0 Å². The Bertz CT molecular complexity index is 956. The van der Waals surface area contributed by atoms with Gasteiger partial charge in [-0.1, -0.05) is 24.3 Å². The van der Waals surface area contributed by atoms with Crippen molar-refractivity contribution >= 4 is 28.8 Å². The van der Waals surface area contributed by atoms with Gasteiger partial charge in [0.2, 0.25) is 0 Å². The molecule has 6 nitrogen and oxygen atoms in total. The van der Waals surface area contributed by atoms with E-state index in [2.05, 4.69) is 9.97 Å². The van der Waals surface area contributed by atoms with Crippen LogP contribution in [0.3, 0.4) is 0 Å². The lowest BCUT2D eigenvalue weighted by Gasteiger charge is -1.99. The quantitative estimate of drug-likeness (QED) is 0.289. The van der Waals surface area contributed by atoms with Crippen LogP contribution >= 0.6 is 0 Å². The number of imidazole rings is 1. The van der Waals surface area contributed by atoms with E-state index >= 15 is 0 Å². The van der Waals surface area contributed by atoms with Gasteiger partial charge in [0.25, 0.3) is 5.91 Å². The smallest absolute Gasteiger partial charge is 0.267 e. The van der Waals surface area contributed by atoms with Crippen LogP contribution in [0, 0.1) is 0 Å². The molecule has 3 aromatic rings. The Balaban J connectivity index is 1.75. The number of benzene rings is 2. The summed E-state index contributed by atoms with van der Waals surface area (Å²) in [4.78, 5) is 30.2. The van der Waals surface area contributed by atoms with E-state index in [1.54, 1.807) is 24.5 Å². The van der Waals surface area contributed by atoms with Crippen LogP contribution in [0.5, 0.6) is 0 Å². The van der Waals surface area contributed by atoms with Crippen molar-refractivity contribution in [3.63, 3.8) is 0 Å². The maximum atomic E-state index is 11.5. The van der Waals surface area contributed by atoms with Crippen molar-refractivity contribution in [1.82, 2.24) is 15.4 Å². The van der Waals surface area contributed by atoms with Crippen molar-refractivity contribution in [1.29, 1.82) is 0 Å². The number of hydrogen-bond donors (Lipinski definition) is 3. The van der Waals surface area contributed by atoms with Gasteiger partial charge in [-0.2, -0.15) is 0 Å². The molecule has 0 saturated carbocycles. The molecule has 6 heteroatoms. The molecule has 126 valence electrons. The van der Waals surface area contributed by atoms with Crippen LogP contribution in [0.15, 0.2) is 48.5 Å². The second-order valence-electron chi connectivity index (χ2n) is 5.70. The number of carbonyl (C=O) groups is 2. The normalized spacial score (nSPS) is 11.1. The van der Waals surface area contributed by atoms with Gasteiger partial charge in [0.05, 0.1) is 11.0 Å². The fourth-order valence-corrected chi connectivity index (χ4v) is 2.51. The van der Waals surface area contributed by atoms with E-state index < -0.39 is 5.91 Å². The van der Waals surface area contributed by atoms with Gasteiger partial charge in [0.1, 0.15) is 5.82 Å². The summed E-state index contributed by atoms with van der Waals surface area (Å²) in [5.74, 6) is 0.270. The zero-order valence-electron chi connectivity index (χ0n) is 13.6. The molecule has 1 aromatic heterocycles. The second kappa shape index (κ2) is 7.11. The largest absolute Gasteiger partial charge is 0.342 e. The molecule has 3 N–H and O–H groups in total. The zero-order chi connectivity index (χ0) is 17.8. The Morgan fingerprint density at radius 2 is 1.96 bits per heavy atom. The molecule has 0 atom stereocenters. The fourth-order valence-electron chi connectivity index (χ4n) is 2.51. The maximum absolute atomic E-state index is 11.5. The molecule has 2 aromatic carbocycles. The lowest BCUT2D eigenvalue weighted by molar-refractivity contribution is -0.124. The molecule has 0 saturated heterocycles. The third kappa shape index (κ3) is 3.99. The highest BCUT2D eigenvalue weighted by atomic mass is 16.5. The van der Waals surface area contributed by atoms with Crippen molar-refractivity contribution in [2.45, 2.75) is 13.3 Å². The average Bonchev–Trinajstić information content (AvgIpc) is 3.02. The van der Waals surface area contributed by atoms with Gasteiger partial charge in [-0.05, 0) is 42.3 Å². The van der Waals surface area contributed by atoms with E-state index in [4.69, 9.17) is 5.21 Å². The monoisotopic (exact) mass is 335 g/mol. The number of aromatic amines is 1. The van der Waals surface area contributed by atoms with Crippen LogP contribution in [0.25, 0.3) is 17.1 Å². The SMILES string of the molecule is CC(=O)c1ccc2nc(Cc3ccc(/C=C/C(=O)NO)cc3)[nH]c2c1. The average molecular weight is 335 g/mol. The van der Waals surface area contributed by atoms with Crippen molar-refractivity contribution in [2.75, 3.05) is 0 Å². The first-order valence-electron chi connectivity index (χ1n) is 7.76. The van der Waals surface area contributed by atoms with Crippen molar-refractivity contribution in [3.8, 4) is 0 Å². The summed E-state index contributed by atoms with van der Waals surface area (Å²) in [5, 5.41) is 8.45. The molecule has 25 heavy (non-hydrogen) atoms. The highest BCUT2D eigenvalue weighted by molar-refractivity contribution is 5.97. The summed E-state index contributed by atoms with van der Waals surface area (Å²) in [7, 11) is 0. The van der Waals surface area contributed by atoms with Crippen LogP contribution in [0.4, 0.5) is 0 Å². The number of ketones is 1. The number of nitrogens with one attached hydrogen (secondary N) is 2. The molecule has 0 fully saturated rings. The Labute approximate surface area is 144 Å². The third-order valence-electron chi connectivity index (χ3n) is 3.83. The number of fused-ring (bicyclic) bond motifs is 1. The minimum absolute atomic E-state index is 0.0246. The first kappa shape index (κ1) is 16.6. The van der Waals surface area contributed by atoms with Crippen LogP contribution < -0.4 is 5.48 Å². The molecule has 0 spiro atoms. The third-order valence-corrected chi connectivity index (χ3v) is 3.83. The minimum Gasteiger partial charge on any atom is -0.342 e. The Hall–Kier alpha value is -3.25. The van der Waals surface area contributed by atoms with Gasteiger partial charge in [-0.15, -0.1) is 0 Å². The minimum atomic E-state index is -0.573. The summed E-state index contributed by atoms with van der Waals surface area (Å²) in [6.07, 6.45) is 3.49. The van der Waals surface area contributed by atoms with E-state index in [0.717, 1.165) is 28.0 Å². The van der Waals surface area contributed by atoms with Gasteiger partial charge < -0.3 is 4.98 Å². The number of Topliss-reactive ketones (excluding diaryl/α,β-unsaturated/α-hetero) is 1. The molecule has 0 aliphatic carbocycles. The summed E-state index contributed by atoms with van der Waals surface area (Å²) in [6, 6.07) is 13.1. The first-order valence-corrected chi connectivity index (χ1v) is 7.76. The summed E-state index contributed by atoms with van der Waals surface area (Å²) >= 11 is 0. The van der Waals surface area contributed by atoms with Gasteiger partial charge in [-0.25, -0.2) is 10.5 Å². The number of rotatable bonds is 5. The number of hydrogen-bond acceptors (Lipinski definition) is 4. The molecule has 0 unspecified atom stereocenters. The zero-order valence-corrected chi connectivity index (χ0v) is 13.6. The van der Waals surface area contributed by atoms with Gasteiger partial charge in [0, 0.05) is 18.1 Å². The fraction of sp³-hybridized carbons (Fsp3) is 0.105. The van der Waals surface area contributed by atoms with E-state index in [-0.39, 0.29) is 5.78 Å². The Morgan fingerprint density at radius 1 is 1.20 bits per heavy atom. The Morgan fingerprint density at radius 3 is 2.64 bits per heavy atom. The highest BCUT2D eigenvalue weighted by Gasteiger charge is 2.07. The number of H-pyrrole nitrogens is 1. The predicted octanol–water partition coefficient (Wildman–Crippen LogP) is 2.87. The molecule has 1 heterocycles. The maximum Gasteiger partial charge on any atom is 0.267 e. The van der Waals surface area contributed by atoms with Crippen LogP contribution in [0.2, 0.25) is 0 Å². The predicted molar refractivity (Wildman–Crippen MR) is 94.3 cm³/mol. The molecule has 0 aliphatic heterocycles. The molecular formula is C19H17N3O3. The number of hydroxylamine groups is 1. The molecule has 0 radical (unpaired) electrons. The lowest BCUT2D eigenvalue weighted by atomic mass is 10.1. The van der Waals surface area contributed by atoms with Gasteiger partial charge in [-0.3, -0.25) is 14.8 Å². The van der Waals surface area contributed by atoms with Gasteiger partial charge >= 0.3 is 0 Å². The number of carbonyl (C=O) groups excluding carboxylic acids is 2. The van der Waals surface area contributed by atoms with Gasteiger partial charge in [0.15, 0.2) is 5.78 Å². The van der Waals surface area contributed by atoms with Crippen molar-refractivity contribution < 1.29 is 14.8 Å². The van der Waals surface area contributed by atoms with Crippen molar-refractivity contribution in [3.05, 3.63) is 71.1 Å². The first-order chi connectivity index (χ1) is 12.0. The number of amides is 1. The topological polar surface area (TPSA) is 95.1 Å².